The number of hydrogen-bond donors (Lipinski definition) is 2. The summed E-state index contributed by atoms with van der Waals surface area (Å²) < 4.78 is 74.3. The van der Waals surface area contributed by atoms with Crippen molar-refractivity contribution >= 4 is 61.6 Å². The third-order valence-corrected chi connectivity index (χ3v) is 10.0. The Bertz CT molecular complexity index is 1830. The molecule has 2 aromatic heterocycles. The summed E-state index contributed by atoms with van der Waals surface area (Å²) in [5.41, 5.74) is 2.06. The summed E-state index contributed by atoms with van der Waals surface area (Å²) in [4.78, 5) is 28.7. The van der Waals surface area contributed by atoms with Gasteiger partial charge in [0.25, 0.3) is 10.0 Å². The Kier molecular flexibility index (Phi) is 9.57. The van der Waals surface area contributed by atoms with Crippen molar-refractivity contribution in [3.05, 3.63) is 70.1 Å². The molecule has 1 atom stereocenters. The summed E-state index contributed by atoms with van der Waals surface area (Å²) in [6, 6.07) is 14.2. The first-order valence-corrected chi connectivity index (χ1v) is 16.3. The van der Waals surface area contributed by atoms with Crippen LogP contribution in [0.4, 0.5) is 19.0 Å². The van der Waals surface area contributed by atoms with Gasteiger partial charge in [-0.05, 0) is 54.7 Å². The molecule has 0 saturated carbocycles. The zero-order chi connectivity index (χ0) is 32.4. The first-order chi connectivity index (χ1) is 21.4. The van der Waals surface area contributed by atoms with Gasteiger partial charge in [-0.2, -0.15) is 18.3 Å². The average molecular weight is 686 g/mol. The first kappa shape index (κ1) is 32.5. The molecule has 2 N–H and O–H groups in total. The Morgan fingerprint density at radius 3 is 2.58 bits per heavy atom. The molecule has 45 heavy (non-hydrogen) atoms. The maximum atomic E-state index is 13.1. The minimum Gasteiger partial charge on any atom is -0.496 e. The third kappa shape index (κ3) is 7.52. The number of halogens is 4. The molecule has 1 aliphatic heterocycles. The van der Waals surface area contributed by atoms with Gasteiger partial charge in [0.05, 0.1) is 28.9 Å². The largest absolute Gasteiger partial charge is 0.496 e. The molecule has 4 aromatic rings. The zero-order valence-corrected chi connectivity index (χ0v) is 26.0. The monoisotopic (exact) mass is 685 g/mol. The van der Waals surface area contributed by atoms with Crippen molar-refractivity contribution in [2.24, 2.45) is 0 Å². The predicted molar refractivity (Wildman–Crippen MR) is 160 cm³/mol. The normalized spacial score (nSPS) is 16.0. The highest BCUT2D eigenvalue weighted by Crippen LogP contribution is 2.35. The summed E-state index contributed by atoms with van der Waals surface area (Å²) in [5.74, 6) is -2.46. The van der Waals surface area contributed by atoms with E-state index in [0.717, 1.165) is 22.0 Å². The fraction of sp³-hybridized carbons (Fsp3) is 0.321. The van der Waals surface area contributed by atoms with Gasteiger partial charge >= 0.3 is 12.1 Å². The van der Waals surface area contributed by atoms with E-state index in [0.29, 0.717) is 39.4 Å². The van der Waals surface area contributed by atoms with E-state index < -0.39 is 34.1 Å². The summed E-state index contributed by atoms with van der Waals surface area (Å²) in [5, 5.41) is 8.51. The number of hydrogen-bond acceptors (Lipinski definition) is 9. The van der Waals surface area contributed by atoms with E-state index in [4.69, 9.17) is 16.3 Å². The van der Waals surface area contributed by atoms with E-state index >= 15 is 0 Å². The van der Waals surface area contributed by atoms with Crippen LogP contribution in [0.15, 0.2) is 58.8 Å². The molecular weight excluding hydrogens is 659 g/mol. The first-order valence-electron chi connectivity index (χ1n) is 13.6. The van der Waals surface area contributed by atoms with Crippen molar-refractivity contribution < 1.29 is 40.8 Å². The molecule has 240 valence electrons. The summed E-state index contributed by atoms with van der Waals surface area (Å²) in [6.07, 6.45) is -3.86. The number of aromatic nitrogens is 2. The molecule has 1 aliphatic rings. The highest BCUT2D eigenvalue weighted by atomic mass is 35.5. The predicted octanol–water partition coefficient (Wildman–Crippen LogP) is 5.10. The van der Waals surface area contributed by atoms with Gasteiger partial charge in [0, 0.05) is 13.1 Å². The number of methoxy groups -OCH3 is 1. The second kappa shape index (κ2) is 13.2. The van der Waals surface area contributed by atoms with E-state index in [1.54, 1.807) is 35.0 Å². The Balaban J connectivity index is 1.32. The number of benzene rings is 2. The number of carbonyl (C=O) groups is 2. The number of alkyl halides is 3. The van der Waals surface area contributed by atoms with Crippen molar-refractivity contribution in [1.82, 2.24) is 20.2 Å². The molecule has 0 radical (unpaired) electrons. The third-order valence-electron chi connectivity index (χ3n) is 6.98. The number of piperidine rings is 1. The van der Waals surface area contributed by atoms with Crippen molar-refractivity contribution in [3.8, 4) is 5.75 Å². The van der Waals surface area contributed by atoms with Crippen LogP contribution >= 0.6 is 22.9 Å². The van der Waals surface area contributed by atoms with Crippen LogP contribution in [0.3, 0.4) is 0 Å². The standard InChI is InChI=1S/C28H27ClF3N5O6S2/c1-42-21-10-5-9-19-24(21)25(35-45(40,41)23-12-11-22(29)44-23)34-36(19)16-18-7-4-6-17(14-18)15-33-26(38)20-8-2-3-13-37(20)43-27(39)28(30,31)32/h4-7,9-12,14,20H,2-3,8,13,15-16H2,1H3,(H,33,38)(H,34,35)/t20-/m0/s1. The maximum Gasteiger partial charge on any atom is 0.492 e. The van der Waals surface area contributed by atoms with Crippen molar-refractivity contribution in [3.63, 3.8) is 0 Å². The number of ether oxygens (including phenoxy) is 1. The Hall–Kier alpha value is -3.86. The van der Waals surface area contributed by atoms with Crippen LogP contribution in [0, 0.1) is 0 Å². The number of nitrogens with zero attached hydrogens (tertiary/aromatic N) is 3. The zero-order valence-electron chi connectivity index (χ0n) is 23.6. The van der Waals surface area contributed by atoms with Crippen LogP contribution in [0.2, 0.25) is 4.34 Å². The molecule has 1 fully saturated rings. The second-order valence-corrected chi connectivity index (χ2v) is 13.7. The molecule has 0 unspecified atom stereocenters. The molecule has 0 aliphatic carbocycles. The highest BCUT2D eigenvalue weighted by Gasteiger charge is 2.44. The second-order valence-electron chi connectivity index (χ2n) is 10.1. The fourth-order valence-corrected chi connectivity index (χ4v) is 7.42. The number of thiophene rings is 1. The van der Waals surface area contributed by atoms with Gasteiger partial charge in [0.2, 0.25) is 5.91 Å². The molecule has 5 rings (SSSR count). The Morgan fingerprint density at radius 1 is 1.11 bits per heavy atom. The minimum atomic E-state index is -5.17. The minimum absolute atomic E-state index is 0.0111. The lowest BCUT2D eigenvalue weighted by Gasteiger charge is -2.32. The molecule has 17 heteroatoms. The van der Waals surface area contributed by atoms with E-state index in [1.165, 1.54) is 19.2 Å². The number of rotatable bonds is 10. The van der Waals surface area contributed by atoms with Crippen molar-refractivity contribution in [1.29, 1.82) is 0 Å². The lowest BCUT2D eigenvalue weighted by atomic mass is 10.0. The number of nitrogens with one attached hydrogen (secondary N) is 2. The molecular formula is C28H27ClF3N5O6S2. The summed E-state index contributed by atoms with van der Waals surface area (Å²) >= 11 is 6.85. The van der Waals surface area contributed by atoms with Crippen molar-refractivity contribution in [2.75, 3.05) is 18.4 Å². The van der Waals surface area contributed by atoms with Crippen LogP contribution in [0.25, 0.3) is 10.9 Å². The van der Waals surface area contributed by atoms with Gasteiger partial charge in [0.1, 0.15) is 16.0 Å². The van der Waals surface area contributed by atoms with Gasteiger partial charge in [-0.15, -0.1) is 16.4 Å². The van der Waals surface area contributed by atoms with Gasteiger partial charge in [-0.1, -0.05) is 41.9 Å². The van der Waals surface area contributed by atoms with E-state index in [-0.39, 0.29) is 36.1 Å². The Morgan fingerprint density at radius 2 is 1.87 bits per heavy atom. The van der Waals surface area contributed by atoms with Gasteiger partial charge < -0.3 is 14.9 Å². The number of fused-ring (bicyclic) bond motifs is 1. The summed E-state index contributed by atoms with van der Waals surface area (Å²) in [6.45, 7) is 0.297. The number of hydroxylamine groups is 2. The molecule has 11 nitrogen and oxygen atoms in total. The number of anilines is 1. The van der Waals surface area contributed by atoms with E-state index in [9.17, 15) is 31.2 Å². The molecule has 1 saturated heterocycles. The van der Waals surface area contributed by atoms with Crippen LogP contribution in [0.5, 0.6) is 5.75 Å². The molecule has 3 heterocycles. The smallest absolute Gasteiger partial charge is 0.492 e. The van der Waals surface area contributed by atoms with Gasteiger partial charge in [-0.25, -0.2) is 13.2 Å². The lowest BCUT2D eigenvalue weighted by Crippen LogP contribution is -2.51. The highest BCUT2D eigenvalue weighted by molar-refractivity contribution is 7.94. The topological polar surface area (TPSA) is 132 Å². The van der Waals surface area contributed by atoms with Gasteiger partial charge in [0.15, 0.2) is 5.82 Å². The Labute approximate surface area is 264 Å². The van der Waals surface area contributed by atoms with Crippen LogP contribution in [-0.4, -0.2) is 61.0 Å². The number of sulfonamides is 1. The van der Waals surface area contributed by atoms with Crippen LogP contribution in [-0.2, 0) is 37.5 Å². The lowest BCUT2D eigenvalue weighted by molar-refractivity contribution is -0.248. The van der Waals surface area contributed by atoms with Crippen molar-refractivity contribution in [2.45, 2.75) is 48.8 Å². The van der Waals surface area contributed by atoms with Crippen LogP contribution < -0.4 is 14.8 Å². The molecule has 1 amide bonds. The summed E-state index contributed by atoms with van der Waals surface area (Å²) in [7, 11) is -2.53. The number of carbonyl (C=O) groups excluding carboxylic acids is 2. The van der Waals surface area contributed by atoms with Gasteiger partial charge in [-0.3, -0.25) is 14.2 Å². The quantitative estimate of drug-likeness (QED) is 0.236. The average Bonchev–Trinajstić information content (AvgIpc) is 3.59. The van der Waals surface area contributed by atoms with E-state index in [1.807, 2.05) is 12.1 Å². The molecule has 0 bridgehead atoms. The molecule has 0 spiro atoms. The van der Waals surface area contributed by atoms with E-state index in [2.05, 4.69) is 20.0 Å². The molecule has 2 aromatic carbocycles. The maximum absolute atomic E-state index is 13.1. The van der Waals surface area contributed by atoms with Crippen LogP contribution in [0.1, 0.15) is 30.4 Å². The SMILES string of the molecule is COc1cccc2c1c(NS(=O)(=O)c1ccc(Cl)s1)nn2Cc1cccc(CNC(=O)[C@@H]2CCCCN2OC(=O)C(F)(F)F)c1. The fourth-order valence-electron chi connectivity index (χ4n) is 4.93. The number of amides is 1.